The van der Waals surface area contributed by atoms with E-state index in [4.69, 9.17) is 4.74 Å². The van der Waals surface area contributed by atoms with Crippen molar-refractivity contribution in [1.29, 1.82) is 0 Å². The Bertz CT molecular complexity index is 791. The Morgan fingerprint density at radius 2 is 2.12 bits per heavy atom. The fraction of sp³-hybridized carbons (Fsp3) is 0.600. The number of hydrogen-bond donors (Lipinski definition) is 4. The lowest BCUT2D eigenvalue weighted by atomic mass is 10.1. The number of carbonyl (C=O) groups is 1. The number of aromatic nitrogens is 4. The third kappa shape index (κ3) is 2.81. The Kier molecular flexibility index (Phi) is 4.02. The topological polar surface area (TPSA) is 134 Å². The summed E-state index contributed by atoms with van der Waals surface area (Å²) in [4.78, 5) is 24.7. The van der Waals surface area contributed by atoms with E-state index in [0.29, 0.717) is 29.6 Å². The van der Waals surface area contributed by atoms with Crippen molar-refractivity contribution in [3.63, 3.8) is 0 Å². The predicted octanol–water partition coefficient (Wildman–Crippen LogP) is -0.844. The molecule has 10 nitrogen and oxygen atoms in total. The number of nitrogens with zero attached hydrogens (tertiary/aromatic N) is 4. The summed E-state index contributed by atoms with van der Waals surface area (Å²) in [6.07, 6.45) is 0.343. The van der Waals surface area contributed by atoms with Crippen LogP contribution in [0.25, 0.3) is 11.2 Å². The number of aliphatic hydroxyl groups is 2. The van der Waals surface area contributed by atoms with E-state index in [1.807, 2.05) is 0 Å². The van der Waals surface area contributed by atoms with Gasteiger partial charge < -0.3 is 25.6 Å². The highest BCUT2D eigenvalue weighted by molar-refractivity contribution is 5.83. The van der Waals surface area contributed by atoms with Crippen molar-refractivity contribution < 1.29 is 19.7 Å². The summed E-state index contributed by atoms with van der Waals surface area (Å²) in [6, 6.07) is 0.403. The SMILES string of the molecule is CCNC(=O)[C@H]1O[C@@H](n2cnc3c(NC4CC4)ncnc32)[C@H](O)[C@@H]1O. The van der Waals surface area contributed by atoms with E-state index in [0.717, 1.165) is 12.8 Å². The molecule has 1 aliphatic carbocycles. The first-order valence-corrected chi connectivity index (χ1v) is 8.33. The summed E-state index contributed by atoms with van der Waals surface area (Å²) in [7, 11) is 0. The smallest absolute Gasteiger partial charge is 0.252 e. The van der Waals surface area contributed by atoms with Crippen LogP contribution in [0.3, 0.4) is 0 Å². The summed E-state index contributed by atoms with van der Waals surface area (Å²) in [6.45, 7) is 2.17. The zero-order chi connectivity index (χ0) is 17.6. The summed E-state index contributed by atoms with van der Waals surface area (Å²) >= 11 is 0. The fourth-order valence-electron chi connectivity index (χ4n) is 2.95. The fourth-order valence-corrected chi connectivity index (χ4v) is 2.95. The van der Waals surface area contributed by atoms with E-state index in [1.165, 1.54) is 17.2 Å². The average Bonchev–Trinajstić information content (AvgIpc) is 3.23. The lowest BCUT2D eigenvalue weighted by Crippen LogP contribution is -2.42. The number of aliphatic hydroxyl groups excluding tert-OH is 2. The molecule has 0 spiro atoms. The molecule has 4 rings (SSSR count). The summed E-state index contributed by atoms with van der Waals surface area (Å²) < 4.78 is 7.13. The minimum absolute atomic E-state index is 0.403. The van der Waals surface area contributed by atoms with E-state index < -0.39 is 30.4 Å². The van der Waals surface area contributed by atoms with Crippen molar-refractivity contribution >= 4 is 22.9 Å². The largest absolute Gasteiger partial charge is 0.387 e. The van der Waals surface area contributed by atoms with Gasteiger partial charge in [0.15, 0.2) is 29.3 Å². The molecule has 134 valence electrons. The van der Waals surface area contributed by atoms with E-state index in [1.54, 1.807) is 6.92 Å². The average molecular weight is 348 g/mol. The first-order chi connectivity index (χ1) is 12.1. The van der Waals surface area contributed by atoms with Gasteiger partial charge in [-0.3, -0.25) is 9.36 Å². The molecule has 0 unspecified atom stereocenters. The standard InChI is InChI=1S/C15H20N6O4/c1-2-16-14(24)11-9(22)10(23)15(25-11)21-6-19-8-12(20-7-3-4-7)17-5-18-13(8)21/h5-7,9-11,15,22-23H,2-4H2,1H3,(H,16,24)(H,17,18,20)/t9-,10+,11-,15+/m0/s1. The number of amides is 1. The molecule has 2 aromatic heterocycles. The molecule has 2 aliphatic rings. The monoisotopic (exact) mass is 348 g/mol. The van der Waals surface area contributed by atoms with Gasteiger partial charge in [-0.2, -0.15) is 0 Å². The Balaban J connectivity index is 1.64. The van der Waals surface area contributed by atoms with Gasteiger partial charge in [0.25, 0.3) is 5.91 Å². The maximum Gasteiger partial charge on any atom is 0.252 e. The first kappa shape index (κ1) is 16.2. The molecule has 0 radical (unpaired) electrons. The molecular formula is C15H20N6O4. The van der Waals surface area contributed by atoms with Crippen molar-refractivity contribution in [3.05, 3.63) is 12.7 Å². The van der Waals surface area contributed by atoms with E-state index >= 15 is 0 Å². The summed E-state index contributed by atoms with van der Waals surface area (Å²) in [5.41, 5.74) is 1.02. The van der Waals surface area contributed by atoms with Gasteiger partial charge in [0, 0.05) is 12.6 Å². The number of carbonyl (C=O) groups excluding carboxylic acids is 1. The minimum Gasteiger partial charge on any atom is -0.387 e. The van der Waals surface area contributed by atoms with Crippen molar-refractivity contribution in [2.45, 2.75) is 50.3 Å². The normalized spacial score (nSPS) is 29.1. The molecule has 3 heterocycles. The highest BCUT2D eigenvalue weighted by Crippen LogP contribution is 2.33. The van der Waals surface area contributed by atoms with Crippen LogP contribution in [0.5, 0.6) is 0 Å². The lowest BCUT2D eigenvalue weighted by molar-refractivity contribution is -0.137. The molecule has 10 heteroatoms. The Labute approximate surface area is 143 Å². The highest BCUT2D eigenvalue weighted by Gasteiger charge is 2.47. The first-order valence-electron chi connectivity index (χ1n) is 8.33. The molecule has 1 saturated carbocycles. The van der Waals surface area contributed by atoms with Crippen LogP contribution in [-0.4, -0.2) is 66.5 Å². The van der Waals surface area contributed by atoms with Gasteiger partial charge in [0.2, 0.25) is 0 Å². The van der Waals surface area contributed by atoms with Gasteiger partial charge >= 0.3 is 0 Å². The summed E-state index contributed by atoms with van der Waals surface area (Å²) in [5, 5.41) is 26.4. The second kappa shape index (κ2) is 6.21. The molecule has 2 fully saturated rings. The molecule has 1 amide bonds. The summed E-state index contributed by atoms with van der Waals surface area (Å²) in [5.74, 6) is 0.159. The van der Waals surface area contributed by atoms with Gasteiger partial charge in [-0.05, 0) is 19.8 Å². The van der Waals surface area contributed by atoms with Crippen LogP contribution in [-0.2, 0) is 9.53 Å². The molecule has 4 N–H and O–H groups in total. The Hall–Kier alpha value is -2.30. The van der Waals surface area contributed by atoms with Crippen LogP contribution >= 0.6 is 0 Å². The van der Waals surface area contributed by atoms with Crippen molar-refractivity contribution in [3.8, 4) is 0 Å². The number of ether oxygens (including phenoxy) is 1. The maximum absolute atomic E-state index is 12.0. The lowest BCUT2D eigenvalue weighted by Gasteiger charge is -2.16. The van der Waals surface area contributed by atoms with Crippen LogP contribution in [0.1, 0.15) is 26.0 Å². The van der Waals surface area contributed by atoms with Gasteiger partial charge in [0.05, 0.1) is 6.33 Å². The molecule has 0 bridgehead atoms. The predicted molar refractivity (Wildman–Crippen MR) is 86.6 cm³/mol. The quantitative estimate of drug-likeness (QED) is 0.549. The van der Waals surface area contributed by atoms with Gasteiger partial charge in [0.1, 0.15) is 18.5 Å². The molecular weight excluding hydrogens is 328 g/mol. The number of nitrogens with one attached hydrogen (secondary N) is 2. The molecule has 1 aliphatic heterocycles. The van der Waals surface area contributed by atoms with Crippen LogP contribution in [0.4, 0.5) is 5.82 Å². The maximum atomic E-state index is 12.0. The molecule has 2 aromatic rings. The van der Waals surface area contributed by atoms with Gasteiger partial charge in [-0.15, -0.1) is 0 Å². The second-order valence-corrected chi connectivity index (χ2v) is 6.29. The molecule has 1 saturated heterocycles. The number of anilines is 1. The third-order valence-corrected chi connectivity index (χ3v) is 4.40. The van der Waals surface area contributed by atoms with Crippen LogP contribution in [0, 0.1) is 0 Å². The number of likely N-dealkylation sites (N-methyl/N-ethyl adjacent to an activating group) is 1. The number of rotatable bonds is 5. The molecule has 0 aromatic carbocycles. The van der Waals surface area contributed by atoms with E-state index in [2.05, 4.69) is 25.6 Å². The van der Waals surface area contributed by atoms with Crippen molar-refractivity contribution in [2.75, 3.05) is 11.9 Å². The van der Waals surface area contributed by atoms with Gasteiger partial charge in [-0.1, -0.05) is 0 Å². The Morgan fingerprint density at radius 3 is 2.84 bits per heavy atom. The molecule has 25 heavy (non-hydrogen) atoms. The zero-order valence-electron chi connectivity index (χ0n) is 13.7. The number of imidazole rings is 1. The van der Waals surface area contributed by atoms with Crippen LogP contribution in [0.2, 0.25) is 0 Å². The number of hydrogen-bond acceptors (Lipinski definition) is 8. The molecule has 4 atom stereocenters. The van der Waals surface area contributed by atoms with Crippen LogP contribution in [0.15, 0.2) is 12.7 Å². The van der Waals surface area contributed by atoms with E-state index in [9.17, 15) is 15.0 Å². The van der Waals surface area contributed by atoms with Gasteiger partial charge in [-0.25, -0.2) is 15.0 Å². The van der Waals surface area contributed by atoms with Crippen LogP contribution < -0.4 is 10.6 Å². The minimum atomic E-state index is -1.33. The Morgan fingerprint density at radius 1 is 1.32 bits per heavy atom. The van der Waals surface area contributed by atoms with Crippen molar-refractivity contribution in [2.24, 2.45) is 0 Å². The number of fused-ring (bicyclic) bond motifs is 1. The van der Waals surface area contributed by atoms with Crippen molar-refractivity contribution in [1.82, 2.24) is 24.8 Å². The highest BCUT2D eigenvalue weighted by atomic mass is 16.6. The van der Waals surface area contributed by atoms with E-state index in [-0.39, 0.29) is 0 Å². The zero-order valence-corrected chi connectivity index (χ0v) is 13.7. The second-order valence-electron chi connectivity index (χ2n) is 6.29. The third-order valence-electron chi connectivity index (χ3n) is 4.40.